The number of hydrogen-bond acceptors (Lipinski definition) is 5. The summed E-state index contributed by atoms with van der Waals surface area (Å²) in [5, 5.41) is 7.44. The Morgan fingerprint density at radius 2 is 1.92 bits per heavy atom. The van der Waals surface area contributed by atoms with Gasteiger partial charge < -0.3 is 11.1 Å². The fourth-order valence-corrected chi connectivity index (χ4v) is 2.48. The second kappa shape index (κ2) is 7.70. The molecule has 0 saturated carbocycles. The molecule has 0 bridgehead atoms. The highest BCUT2D eigenvalue weighted by molar-refractivity contribution is 7.79. The lowest BCUT2D eigenvalue weighted by atomic mass is 10.1. The predicted molar refractivity (Wildman–Crippen MR) is 91.4 cm³/mol. The Balaban J connectivity index is 2.48. The summed E-state index contributed by atoms with van der Waals surface area (Å²) in [5.74, 6) is 5.24. The molecule has 1 atom stereocenters. The summed E-state index contributed by atoms with van der Waals surface area (Å²) in [6, 6.07) is 8.22. The minimum absolute atomic E-state index is 0.128. The van der Waals surface area contributed by atoms with Gasteiger partial charge in [-0.15, -0.1) is 8.99 Å². The van der Waals surface area contributed by atoms with Gasteiger partial charge in [0.15, 0.2) is 5.84 Å². The summed E-state index contributed by atoms with van der Waals surface area (Å²) >= 11 is -2.77. The molecule has 0 aliphatic carbocycles. The van der Waals surface area contributed by atoms with E-state index in [-0.39, 0.29) is 27.7 Å². The Kier molecular flexibility index (Phi) is 5.83. The van der Waals surface area contributed by atoms with Crippen LogP contribution in [0.15, 0.2) is 52.5 Å². The molecule has 11 heteroatoms. The lowest BCUT2D eigenvalue weighted by molar-refractivity contribution is -0.137. The van der Waals surface area contributed by atoms with Crippen molar-refractivity contribution in [1.29, 1.82) is 0 Å². The molecule has 2 rings (SSSR count). The zero-order valence-electron chi connectivity index (χ0n) is 13.4. The quantitative estimate of drug-likeness (QED) is 0.182. The van der Waals surface area contributed by atoms with E-state index in [2.05, 4.69) is 10.4 Å². The largest absolute Gasteiger partial charge is 0.416 e. The number of nitrogens with two attached hydrogens (primary N) is 2. The molecule has 0 amide bonds. The van der Waals surface area contributed by atoms with Gasteiger partial charge in [-0.3, -0.25) is 0 Å². The number of hydrazone groups is 1. The topological polar surface area (TPSA) is 96.7 Å². The highest BCUT2D eigenvalue weighted by Gasteiger charge is 2.30. The van der Waals surface area contributed by atoms with Crippen LogP contribution in [0.4, 0.5) is 28.4 Å². The summed E-state index contributed by atoms with van der Waals surface area (Å²) in [6.45, 7) is 0. The van der Waals surface area contributed by atoms with Crippen molar-refractivity contribution in [1.82, 2.24) is 5.12 Å². The van der Waals surface area contributed by atoms with Crippen LogP contribution >= 0.6 is 0 Å². The molecule has 0 aliphatic rings. The number of alkyl halides is 3. The molecule has 140 valence electrons. The molecule has 0 aliphatic heterocycles. The smallest absolute Gasteiger partial charge is 0.382 e. The maximum absolute atomic E-state index is 13.1. The summed E-state index contributed by atoms with van der Waals surface area (Å²) in [6.07, 6.45) is -4.50. The van der Waals surface area contributed by atoms with Crippen LogP contribution in [-0.2, 0) is 17.4 Å². The molecule has 2 aromatic carbocycles. The maximum Gasteiger partial charge on any atom is 0.416 e. The molecule has 5 N–H and O–H groups in total. The standard InChI is InChI=1S/C15H15F4N5OS/c1-24(21)23-14(20)12-8-11(26(19)25)5-6-13(12)22-10-4-2-3-9(7-10)15(16,17)18/h2-8,22H,21H2,1H3,(H2,20,23). The van der Waals surface area contributed by atoms with Gasteiger partial charge in [0.1, 0.15) is 0 Å². The predicted octanol–water partition coefficient (Wildman–Crippen LogP) is 2.87. The van der Waals surface area contributed by atoms with E-state index in [4.69, 9.17) is 11.6 Å². The number of halogens is 4. The third-order valence-corrected chi connectivity index (χ3v) is 3.81. The van der Waals surface area contributed by atoms with Gasteiger partial charge in [-0.1, -0.05) is 6.07 Å². The van der Waals surface area contributed by atoms with Crippen molar-refractivity contribution in [3.63, 3.8) is 0 Å². The van der Waals surface area contributed by atoms with Gasteiger partial charge in [-0.25, -0.2) is 15.2 Å². The van der Waals surface area contributed by atoms with Gasteiger partial charge in [0, 0.05) is 24.0 Å². The Morgan fingerprint density at radius 1 is 1.23 bits per heavy atom. The highest BCUT2D eigenvalue weighted by atomic mass is 32.2. The molecule has 0 spiro atoms. The van der Waals surface area contributed by atoms with Crippen LogP contribution in [0.2, 0.25) is 0 Å². The molecule has 0 heterocycles. The second-order valence-corrected chi connectivity index (χ2v) is 6.11. The number of nitrogens with one attached hydrogen (secondary N) is 1. The van der Waals surface area contributed by atoms with Crippen molar-refractivity contribution < 1.29 is 21.3 Å². The van der Waals surface area contributed by atoms with E-state index in [1.165, 1.54) is 37.4 Å². The summed E-state index contributed by atoms with van der Waals surface area (Å²) in [5.41, 5.74) is 5.46. The van der Waals surface area contributed by atoms with Gasteiger partial charge >= 0.3 is 6.18 Å². The van der Waals surface area contributed by atoms with Crippen molar-refractivity contribution in [2.45, 2.75) is 11.1 Å². The zero-order valence-corrected chi connectivity index (χ0v) is 14.2. The molecule has 1 unspecified atom stereocenters. The average Bonchev–Trinajstić information content (AvgIpc) is 2.53. The van der Waals surface area contributed by atoms with E-state index in [1.54, 1.807) is 0 Å². The SMILES string of the molecule is CN(N)/N=C(\N)c1cc(S(=O)F)ccc1Nc1cccc(C(F)(F)F)c1. The van der Waals surface area contributed by atoms with Gasteiger partial charge in [-0.2, -0.15) is 13.2 Å². The number of hydrogen-bond donors (Lipinski definition) is 3. The Hall–Kier alpha value is -2.66. The zero-order chi connectivity index (χ0) is 19.5. The number of amidine groups is 1. The van der Waals surface area contributed by atoms with Crippen LogP contribution in [0, 0.1) is 0 Å². The van der Waals surface area contributed by atoms with Crippen LogP contribution in [0.5, 0.6) is 0 Å². The van der Waals surface area contributed by atoms with Crippen LogP contribution in [0.1, 0.15) is 11.1 Å². The average molecular weight is 389 g/mol. The summed E-state index contributed by atoms with van der Waals surface area (Å²) in [4.78, 5) is -0.174. The maximum atomic E-state index is 13.1. The molecule has 26 heavy (non-hydrogen) atoms. The molecule has 0 radical (unpaired) electrons. The Bertz CT molecular complexity index is 854. The first kappa shape index (κ1) is 19.7. The molecule has 2 aromatic rings. The first-order valence-corrected chi connectivity index (χ1v) is 8.12. The first-order valence-electron chi connectivity index (χ1n) is 7.07. The lowest BCUT2D eigenvalue weighted by Crippen LogP contribution is -2.26. The van der Waals surface area contributed by atoms with Gasteiger partial charge in [0.25, 0.3) is 0 Å². The number of rotatable bonds is 5. The van der Waals surface area contributed by atoms with Crippen molar-refractivity contribution in [3.05, 3.63) is 53.6 Å². The van der Waals surface area contributed by atoms with Crippen molar-refractivity contribution >= 4 is 28.4 Å². The molecule has 0 saturated heterocycles. The van der Waals surface area contributed by atoms with Crippen LogP contribution in [-0.4, -0.2) is 22.2 Å². The third kappa shape index (κ3) is 4.92. The van der Waals surface area contributed by atoms with Gasteiger partial charge in [0.05, 0.1) is 10.5 Å². The van der Waals surface area contributed by atoms with Crippen LogP contribution < -0.4 is 16.9 Å². The van der Waals surface area contributed by atoms with Crippen molar-refractivity contribution in [3.8, 4) is 0 Å². The molecule has 6 nitrogen and oxygen atoms in total. The highest BCUT2D eigenvalue weighted by Crippen LogP contribution is 2.32. The van der Waals surface area contributed by atoms with E-state index in [1.807, 2.05) is 0 Å². The van der Waals surface area contributed by atoms with E-state index in [0.717, 1.165) is 17.3 Å². The van der Waals surface area contributed by atoms with E-state index in [9.17, 15) is 21.3 Å². The van der Waals surface area contributed by atoms with Gasteiger partial charge in [-0.05, 0) is 36.4 Å². The summed E-state index contributed by atoms with van der Waals surface area (Å²) in [7, 11) is 1.39. The second-order valence-electron chi connectivity index (χ2n) is 5.19. The lowest BCUT2D eigenvalue weighted by Gasteiger charge is -2.15. The van der Waals surface area contributed by atoms with Gasteiger partial charge in [0.2, 0.25) is 11.2 Å². The Labute approximate surface area is 149 Å². The third-order valence-electron chi connectivity index (χ3n) is 3.19. The Morgan fingerprint density at radius 3 is 2.50 bits per heavy atom. The fraction of sp³-hybridized carbons (Fsp3) is 0.133. The van der Waals surface area contributed by atoms with Crippen LogP contribution in [0.3, 0.4) is 0 Å². The molecular weight excluding hydrogens is 374 g/mol. The molecule has 0 fully saturated rings. The normalized spacial score (nSPS) is 13.4. The molecular formula is C15H15F4N5OS. The van der Waals surface area contributed by atoms with E-state index < -0.39 is 22.9 Å². The van der Waals surface area contributed by atoms with Crippen LogP contribution in [0.25, 0.3) is 0 Å². The number of anilines is 2. The number of hydrazine groups is 1. The summed E-state index contributed by atoms with van der Waals surface area (Å²) < 4.78 is 62.7. The minimum atomic E-state index is -4.50. The van der Waals surface area contributed by atoms with E-state index >= 15 is 0 Å². The minimum Gasteiger partial charge on any atom is -0.382 e. The number of nitrogens with zero attached hydrogens (tertiary/aromatic N) is 2. The van der Waals surface area contributed by atoms with Crippen molar-refractivity contribution in [2.24, 2.45) is 16.7 Å². The first-order chi connectivity index (χ1) is 12.1. The monoisotopic (exact) mass is 389 g/mol. The molecule has 0 aromatic heterocycles. The number of benzene rings is 2. The van der Waals surface area contributed by atoms with E-state index in [0.29, 0.717) is 0 Å². The van der Waals surface area contributed by atoms with Crippen molar-refractivity contribution in [2.75, 3.05) is 12.4 Å². The fourth-order valence-electron chi connectivity index (χ4n) is 2.10.